The van der Waals surface area contributed by atoms with Gasteiger partial charge in [-0.25, -0.2) is 0 Å². The SMILES string of the molecule is C/C(N)=C/C(N)=S.Cl. The van der Waals surface area contributed by atoms with Gasteiger partial charge in [-0.1, -0.05) is 12.2 Å². The van der Waals surface area contributed by atoms with Gasteiger partial charge in [-0.3, -0.25) is 0 Å². The minimum Gasteiger partial charge on any atom is -0.402 e. The summed E-state index contributed by atoms with van der Waals surface area (Å²) in [5, 5.41) is 0. The number of hydrogen-bond donors (Lipinski definition) is 2. The fourth-order valence-electron chi connectivity index (χ4n) is 0.224. The highest BCUT2D eigenvalue weighted by Crippen LogP contribution is 1.76. The standard InChI is InChI=1S/C4H8N2S.ClH/c1-3(5)2-4(6)7;/h2H,5H2,1H3,(H2,6,7);1H/b3-2-;. The molecule has 0 unspecified atom stereocenters. The molecule has 0 aliphatic rings. The van der Waals surface area contributed by atoms with Gasteiger partial charge >= 0.3 is 0 Å². The maximum Gasteiger partial charge on any atom is 0.0979 e. The lowest BCUT2D eigenvalue weighted by atomic mass is 10.4. The van der Waals surface area contributed by atoms with Gasteiger partial charge in [0.15, 0.2) is 0 Å². The molecule has 0 aromatic heterocycles. The largest absolute Gasteiger partial charge is 0.402 e. The van der Waals surface area contributed by atoms with Crippen molar-refractivity contribution < 1.29 is 0 Å². The summed E-state index contributed by atoms with van der Waals surface area (Å²) < 4.78 is 0. The monoisotopic (exact) mass is 152 g/mol. The van der Waals surface area contributed by atoms with E-state index in [2.05, 4.69) is 12.2 Å². The van der Waals surface area contributed by atoms with Crippen LogP contribution < -0.4 is 11.5 Å². The van der Waals surface area contributed by atoms with Gasteiger partial charge in [-0.05, 0) is 13.0 Å². The Morgan fingerprint density at radius 3 is 1.88 bits per heavy atom. The van der Waals surface area contributed by atoms with Crippen LogP contribution in [0.25, 0.3) is 0 Å². The quantitative estimate of drug-likeness (QED) is 0.427. The van der Waals surface area contributed by atoms with Crippen LogP contribution in [-0.2, 0) is 0 Å². The van der Waals surface area contributed by atoms with Crippen LogP contribution in [0.3, 0.4) is 0 Å². The molecule has 0 atom stereocenters. The molecule has 0 aliphatic heterocycles. The molecule has 0 saturated carbocycles. The fraction of sp³-hybridized carbons (Fsp3) is 0.250. The maximum atomic E-state index is 5.19. The van der Waals surface area contributed by atoms with Crippen LogP contribution in [0.2, 0.25) is 0 Å². The summed E-state index contributed by atoms with van der Waals surface area (Å²) in [6.45, 7) is 1.74. The van der Waals surface area contributed by atoms with E-state index in [4.69, 9.17) is 11.5 Å². The first kappa shape index (κ1) is 10.7. The molecule has 4 heteroatoms. The van der Waals surface area contributed by atoms with Crippen molar-refractivity contribution in [2.45, 2.75) is 6.92 Å². The molecule has 4 N–H and O–H groups in total. The van der Waals surface area contributed by atoms with Crippen LogP contribution in [0.5, 0.6) is 0 Å². The summed E-state index contributed by atoms with van der Waals surface area (Å²) in [6.07, 6.45) is 1.54. The second-order valence-electron chi connectivity index (χ2n) is 1.29. The van der Waals surface area contributed by atoms with E-state index in [1.165, 1.54) is 6.08 Å². The van der Waals surface area contributed by atoms with Gasteiger partial charge in [0.1, 0.15) is 0 Å². The number of hydrogen-bond acceptors (Lipinski definition) is 2. The van der Waals surface area contributed by atoms with E-state index in [1.807, 2.05) is 0 Å². The summed E-state index contributed by atoms with van der Waals surface area (Å²) in [5.74, 6) is 0. The number of rotatable bonds is 1. The summed E-state index contributed by atoms with van der Waals surface area (Å²) in [7, 11) is 0. The van der Waals surface area contributed by atoms with Crippen LogP contribution in [0.15, 0.2) is 11.8 Å². The van der Waals surface area contributed by atoms with E-state index in [1.54, 1.807) is 6.92 Å². The zero-order valence-electron chi connectivity index (χ0n) is 4.55. The lowest BCUT2D eigenvalue weighted by molar-refractivity contribution is 1.32. The van der Waals surface area contributed by atoms with Crippen molar-refractivity contribution in [3.63, 3.8) is 0 Å². The third kappa shape index (κ3) is 9.21. The molecule has 0 aliphatic carbocycles. The molecule has 0 heterocycles. The molecule has 0 aromatic carbocycles. The normalized spacial score (nSPS) is 9.88. The van der Waals surface area contributed by atoms with Crippen LogP contribution in [0.4, 0.5) is 0 Å². The minimum absolute atomic E-state index is 0. The van der Waals surface area contributed by atoms with Crippen molar-refractivity contribution in [1.29, 1.82) is 0 Å². The first-order valence-electron chi connectivity index (χ1n) is 1.86. The van der Waals surface area contributed by atoms with Crippen molar-refractivity contribution in [1.82, 2.24) is 0 Å². The highest BCUT2D eigenvalue weighted by atomic mass is 35.5. The molecule has 8 heavy (non-hydrogen) atoms. The van der Waals surface area contributed by atoms with Crippen molar-refractivity contribution in [2.24, 2.45) is 11.5 Å². The first-order valence-corrected chi connectivity index (χ1v) is 2.27. The Balaban J connectivity index is 0. The highest BCUT2D eigenvalue weighted by molar-refractivity contribution is 7.80. The summed E-state index contributed by atoms with van der Waals surface area (Å²) in [4.78, 5) is 0.333. The van der Waals surface area contributed by atoms with Gasteiger partial charge < -0.3 is 11.5 Å². The van der Waals surface area contributed by atoms with Crippen molar-refractivity contribution >= 4 is 29.6 Å². The van der Waals surface area contributed by atoms with Crippen LogP contribution in [0.1, 0.15) is 6.92 Å². The molecule has 0 aromatic rings. The molecule has 0 radical (unpaired) electrons. The average Bonchev–Trinajstić information content (AvgIpc) is 1.27. The summed E-state index contributed by atoms with van der Waals surface area (Å²) >= 11 is 4.49. The third-order valence-corrected chi connectivity index (χ3v) is 0.488. The predicted octanol–water partition coefficient (Wildman–Crippen LogP) is 0.557. The van der Waals surface area contributed by atoms with E-state index < -0.39 is 0 Å². The van der Waals surface area contributed by atoms with Gasteiger partial charge in [-0.2, -0.15) is 0 Å². The smallest absolute Gasteiger partial charge is 0.0979 e. The Labute approximate surface area is 60.3 Å². The van der Waals surface area contributed by atoms with Crippen LogP contribution >= 0.6 is 24.6 Å². The Morgan fingerprint density at radius 1 is 1.50 bits per heavy atom. The minimum atomic E-state index is 0. The Hall–Kier alpha value is -0.280. The molecule has 0 spiro atoms. The van der Waals surface area contributed by atoms with Crippen LogP contribution in [-0.4, -0.2) is 4.99 Å². The molecular weight excluding hydrogens is 144 g/mol. The fourth-order valence-corrected chi connectivity index (χ4v) is 0.410. The summed E-state index contributed by atoms with van der Waals surface area (Å²) in [5.41, 5.74) is 10.9. The zero-order chi connectivity index (χ0) is 5.86. The van der Waals surface area contributed by atoms with Crippen molar-refractivity contribution in [3.05, 3.63) is 11.8 Å². The second kappa shape index (κ2) is 4.87. The molecule has 0 fully saturated rings. The topological polar surface area (TPSA) is 52.0 Å². The zero-order valence-corrected chi connectivity index (χ0v) is 6.18. The van der Waals surface area contributed by atoms with E-state index in [0.29, 0.717) is 10.7 Å². The van der Waals surface area contributed by atoms with Gasteiger partial charge in [0.25, 0.3) is 0 Å². The molecule has 0 saturated heterocycles. The maximum absolute atomic E-state index is 5.19. The molecule has 0 amide bonds. The molecule has 2 nitrogen and oxygen atoms in total. The highest BCUT2D eigenvalue weighted by Gasteiger charge is 1.76. The number of halogens is 1. The Bertz CT molecular complexity index is 107. The number of thiocarbonyl (C=S) groups is 1. The lowest BCUT2D eigenvalue weighted by Gasteiger charge is -1.85. The van der Waals surface area contributed by atoms with Crippen molar-refractivity contribution in [3.8, 4) is 0 Å². The van der Waals surface area contributed by atoms with Crippen molar-refractivity contribution in [2.75, 3.05) is 0 Å². The van der Waals surface area contributed by atoms with E-state index in [-0.39, 0.29) is 12.4 Å². The van der Waals surface area contributed by atoms with Crippen LogP contribution in [0, 0.1) is 0 Å². The number of nitrogens with two attached hydrogens (primary N) is 2. The molecular formula is C4H9ClN2S. The van der Waals surface area contributed by atoms with Gasteiger partial charge in [0.05, 0.1) is 4.99 Å². The van der Waals surface area contributed by atoms with Gasteiger partial charge in [-0.15, -0.1) is 12.4 Å². The molecule has 0 rings (SSSR count). The molecule has 48 valence electrons. The van der Waals surface area contributed by atoms with E-state index in [0.717, 1.165) is 0 Å². The average molecular weight is 153 g/mol. The second-order valence-corrected chi connectivity index (χ2v) is 1.76. The van der Waals surface area contributed by atoms with E-state index >= 15 is 0 Å². The Kier molecular flexibility index (Phi) is 6.48. The predicted molar refractivity (Wildman–Crippen MR) is 42.0 cm³/mol. The first-order chi connectivity index (χ1) is 3.13. The Morgan fingerprint density at radius 2 is 1.88 bits per heavy atom. The number of allylic oxidation sites excluding steroid dienone is 1. The lowest BCUT2D eigenvalue weighted by Crippen LogP contribution is -2.06. The molecule has 0 bridgehead atoms. The van der Waals surface area contributed by atoms with E-state index in [9.17, 15) is 0 Å². The van der Waals surface area contributed by atoms with Gasteiger partial charge in [0.2, 0.25) is 0 Å². The third-order valence-electron chi connectivity index (χ3n) is 0.370. The van der Waals surface area contributed by atoms with Gasteiger partial charge in [0, 0.05) is 5.70 Å². The summed E-state index contributed by atoms with van der Waals surface area (Å²) in [6, 6.07) is 0.